The molecule has 0 fully saturated rings. The molecule has 0 amide bonds. The van der Waals surface area contributed by atoms with Crippen LogP contribution in [0.3, 0.4) is 0 Å². The van der Waals surface area contributed by atoms with Gasteiger partial charge in [0, 0.05) is 11.3 Å². The Hall–Kier alpha value is -3.12. The third-order valence-electron chi connectivity index (χ3n) is 3.73. The predicted molar refractivity (Wildman–Crippen MR) is 96.7 cm³/mol. The Labute approximate surface area is 145 Å². The molecule has 124 valence electrons. The maximum absolute atomic E-state index is 12.1. The van der Waals surface area contributed by atoms with E-state index in [2.05, 4.69) is 9.71 Å². The Morgan fingerprint density at radius 1 is 0.760 bits per heavy atom. The lowest BCUT2D eigenvalue weighted by Crippen LogP contribution is -2.11. The summed E-state index contributed by atoms with van der Waals surface area (Å²) in [7, 11) is -3.62. The van der Waals surface area contributed by atoms with Crippen LogP contribution in [0, 0.1) is 0 Å². The minimum Gasteiger partial charge on any atom is -0.457 e. The summed E-state index contributed by atoms with van der Waals surface area (Å²) in [4.78, 5) is 0.224. The van der Waals surface area contributed by atoms with Gasteiger partial charge in [-0.2, -0.15) is 8.42 Å². The van der Waals surface area contributed by atoms with E-state index >= 15 is 0 Å². The summed E-state index contributed by atoms with van der Waals surface area (Å²) in [6.07, 6.45) is 0. The van der Waals surface area contributed by atoms with Gasteiger partial charge in [0.05, 0.1) is 0 Å². The first-order valence-electron chi connectivity index (χ1n) is 7.66. The van der Waals surface area contributed by atoms with Crippen LogP contribution in [0.25, 0.3) is 0 Å². The first kappa shape index (κ1) is 15.4. The van der Waals surface area contributed by atoms with Crippen molar-refractivity contribution in [2.45, 2.75) is 4.90 Å². The fourth-order valence-electron chi connectivity index (χ4n) is 2.56. The smallest absolute Gasteiger partial charge is 0.285 e. The quantitative estimate of drug-likeness (QED) is 0.774. The van der Waals surface area contributed by atoms with Crippen LogP contribution < -0.4 is 10.1 Å². The van der Waals surface area contributed by atoms with Crippen molar-refractivity contribution in [2.24, 2.45) is 4.40 Å². The van der Waals surface area contributed by atoms with E-state index < -0.39 is 10.0 Å². The Morgan fingerprint density at radius 3 is 2.16 bits per heavy atom. The second-order valence-electron chi connectivity index (χ2n) is 5.48. The van der Waals surface area contributed by atoms with Gasteiger partial charge in [-0.15, -0.1) is 4.40 Å². The zero-order valence-corrected chi connectivity index (χ0v) is 13.9. The van der Waals surface area contributed by atoms with Crippen LogP contribution in [-0.4, -0.2) is 14.3 Å². The average Bonchev–Trinajstić information content (AvgIpc) is 2.88. The lowest BCUT2D eigenvalue weighted by molar-refractivity contribution is 0.483. The molecule has 3 aromatic rings. The van der Waals surface area contributed by atoms with Gasteiger partial charge in [-0.25, -0.2) is 0 Å². The van der Waals surface area contributed by atoms with Crippen LogP contribution in [0.5, 0.6) is 11.5 Å². The number of ether oxygens (including phenoxy) is 1. The monoisotopic (exact) mass is 350 g/mol. The van der Waals surface area contributed by atoms with Gasteiger partial charge in [0.15, 0.2) is 5.84 Å². The molecule has 0 spiro atoms. The van der Waals surface area contributed by atoms with Gasteiger partial charge in [-0.3, -0.25) is 0 Å². The molecule has 5 nitrogen and oxygen atoms in total. The van der Waals surface area contributed by atoms with Crippen molar-refractivity contribution >= 4 is 21.5 Å². The molecule has 0 bridgehead atoms. The molecule has 0 aliphatic carbocycles. The SMILES string of the molecule is O=S1(=O)N=C(Nc2ccc(Oc3ccccc3)cc2)c2ccccc21. The summed E-state index contributed by atoms with van der Waals surface area (Å²) in [6, 6.07) is 23.5. The molecular formula is C19H14N2O3S. The van der Waals surface area contributed by atoms with E-state index in [-0.39, 0.29) is 4.90 Å². The molecular weight excluding hydrogens is 336 g/mol. The lowest BCUT2D eigenvalue weighted by atomic mass is 10.2. The van der Waals surface area contributed by atoms with Crippen molar-refractivity contribution in [3.63, 3.8) is 0 Å². The van der Waals surface area contributed by atoms with E-state index in [1.807, 2.05) is 54.6 Å². The highest BCUT2D eigenvalue weighted by molar-refractivity contribution is 7.90. The summed E-state index contributed by atoms with van der Waals surface area (Å²) < 4.78 is 33.7. The van der Waals surface area contributed by atoms with Crippen LogP contribution in [-0.2, 0) is 10.0 Å². The Kier molecular flexibility index (Phi) is 3.74. The number of amidine groups is 1. The van der Waals surface area contributed by atoms with Crippen molar-refractivity contribution in [1.29, 1.82) is 0 Å². The standard InChI is InChI=1S/C19H14N2O3S/c22-25(23)18-9-5-4-8-17(18)19(21-25)20-14-10-12-16(13-11-14)24-15-6-2-1-3-7-15/h1-13H,(H,20,21). The van der Waals surface area contributed by atoms with Crippen molar-refractivity contribution in [3.8, 4) is 11.5 Å². The molecule has 0 atom stereocenters. The van der Waals surface area contributed by atoms with Gasteiger partial charge < -0.3 is 10.1 Å². The molecule has 0 radical (unpaired) electrons. The summed E-state index contributed by atoms with van der Waals surface area (Å²) in [6.45, 7) is 0. The predicted octanol–water partition coefficient (Wildman–Crippen LogP) is 4.04. The van der Waals surface area contributed by atoms with E-state index in [1.54, 1.807) is 24.3 Å². The molecule has 3 aromatic carbocycles. The highest BCUT2D eigenvalue weighted by Crippen LogP contribution is 2.28. The van der Waals surface area contributed by atoms with E-state index in [1.165, 1.54) is 0 Å². The van der Waals surface area contributed by atoms with Crippen molar-refractivity contribution in [1.82, 2.24) is 0 Å². The van der Waals surface area contributed by atoms with Gasteiger partial charge in [-0.05, 0) is 48.5 Å². The van der Waals surface area contributed by atoms with E-state index in [0.717, 1.165) is 11.4 Å². The minimum atomic E-state index is -3.62. The average molecular weight is 350 g/mol. The molecule has 0 unspecified atom stereocenters. The number of rotatable bonds is 3. The third kappa shape index (κ3) is 3.12. The summed E-state index contributed by atoms with van der Waals surface area (Å²) in [5.74, 6) is 1.77. The number of sulfonamides is 1. The number of nitrogens with one attached hydrogen (secondary N) is 1. The number of benzene rings is 3. The fraction of sp³-hybridized carbons (Fsp3) is 0. The van der Waals surface area contributed by atoms with E-state index in [9.17, 15) is 8.42 Å². The van der Waals surface area contributed by atoms with Crippen molar-refractivity contribution in [2.75, 3.05) is 5.32 Å². The summed E-state index contributed by atoms with van der Waals surface area (Å²) >= 11 is 0. The number of nitrogens with zero attached hydrogens (tertiary/aromatic N) is 1. The molecule has 6 heteroatoms. The summed E-state index contributed by atoms with van der Waals surface area (Å²) in [5, 5.41) is 3.06. The largest absolute Gasteiger partial charge is 0.457 e. The molecule has 1 aliphatic heterocycles. The van der Waals surface area contributed by atoms with Gasteiger partial charge in [0.25, 0.3) is 10.0 Å². The zero-order chi connectivity index (χ0) is 17.3. The number of hydrogen-bond donors (Lipinski definition) is 1. The Balaban J connectivity index is 1.55. The Bertz CT molecular complexity index is 1040. The number of hydrogen-bond acceptors (Lipinski definition) is 4. The first-order chi connectivity index (χ1) is 12.1. The highest BCUT2D eigenvalue weighted by Gasteiger charge is 2.28. The molecule has 1 aliphatic rings. The normalized spacial score (nSPS) is 14.5. The molecule has 0 aromatic heterocycles. The van der Waals surface area contributed by atoms with Crippen LogP contribution in [0.4, 0.5) is 5.69 Å². The highest BCUT2D eigenvalue weighted by atomic mass is 32.2. The van der Waals surface area contributed by atoms with Crippen LogP contribution in [0.15, 0.2) is 88.2 Å². The van der Waals surface area contributed by atoms with Crippen LogP contribution in [0.1, 0.15) is 5.56 Å². The van der Waals surface area contributed by atoms with Gasteiger partial charge in [0.1, 0.15) is 16.4 Å². The second kappa shape index (κ2) is 6.07. The summed E-state index contributed by atoms with van der Waals surface area (Å²) in [5.41, 5.74) is 1.30. The molecule has 1 heterocycles. The van der Waals surface area contributed by atoms with Crippen LogP contribution in [0.2, 0.25) is 0 Å². The second-order valence-corrected chi connectivity index (χ2v) is 7.05. The lowest BCUT2D eigenvalue weighted by Gasteiger charge is -2.09. The maximum Gasteiger partial charge on any atom is 0.285 e. The van der Waals surface area contributed by atoms with Gasteiger partial charge in [0.2, 0.25) is 0 Å². The third-order valence-corrected chi connectivity index (χ3v) is 5.06. The van der Waals surface area contributed by atoms with Gasteiger partial charge in [-0.1, -0.05) is 30.3 Å². The van der Waals surface area contributed by atoms with Gasteiger partial charge >= 0.3 is 0 Å². The van der Waals surface area contributed by atoms with Crippen molar-refractivity contribution in [3.05, 3.63) is 84.4 Å². The van der Waals surface area contributed by atoms with Crippen molar-refractivity contribution < 1.29 is 13.2 Å². The molecule has 0 saturated heterocycles. The molecule has 1 N–H and O–H groups in total. The van der Waals surface area contributed by atoms with E-state index in [0.29, 0.717) is 17.1 Å². The number of para-hydroxylation sites is 1. The maximum atomic E-state index is 12.1. The first-order valence-corrected chi connectivity index (χ1v) is 9.10. The van der Waals surface area contributed by atoms with Crippen LogP contribution >= 0.6 is 0 Å². The topological polar surface area (TPSA) is 67.8 Å². The minimum absolute atomic E-state index is 0.224. The number of fused-ring (bicyclic) bond motifs is 1. The molecule has 25 heavy (non-hydrogen) atoms. The zero-order valence-electron chi connectivity index (χ0n) is 13.1. The number of anilines is 1. The fourth-order valence-corrected chi connectivity index (χ4v) is 3.74. The molecule has 4 rings (SSSR count). The molecule has 0 saturated carbocycles. The van der Waals surface area contributed by atoms with E-state index in [4.69, 9.17) is 4.74 Å². The Morgan fingerprint density at radius 2 is 1.40 bits per heavy atom.